The Morgan fingerprint density at radius 1 is 0.758 bits per heavy atom. The zero-order valence-electron chi connectivity index (χ0n) is 22.2. The van der Waals surface area contributed by atoms with Crippen LogP contribution in [-0.2, 0) is 14.3 Å². The molecule has 5 saturated carbocycles. The van der Waals surface area contributed by atoms with Gasteiger partial charge in [-0.2, -0.15) is 0 Å². The zero-order chi connectivity index (χ0) is 23.8. The molecule has 6 rings (SSSR count). The van der Waals surface area contributed by atoms with Gasteiger partial charge in [0.15, 0.2) is 5.78 Å². The molecule has 1 aliphatic heterocycles. The van der Waals surface area contributed by atoms with E-state index in [1.165, 1.54) is 44.9 Å². The Labute approximate surface area is 201 Å². The minimum Gasteiger partial charge on any atom is -0.377 e. The highest BCUT2D eigenvalue weighted by Gasteiger charge is 2.73. The van der Waals surface area contributed by atoms with Crippen LogP contribution in [0.4, 0.5) is 0 Å². The van der Waals surface area contributed by atoms with E-state index in [0.717, 1.165) is 18.9 Å². The molecule has 5 aliphatic carbocycles. The predicted molar refractivity (Wildman–Crippen MR) is 130 cm³/mol. The third-order valence-electron chi connectivity index (χ3n) is 13.7. The Hall–Kier alpha value is -0.700. The van der Waals surface area contributed by atoms with Crippen molar-refractivity contribution in [3.8, 4) is 0 Å². The van der Waals surface area contributed by atoms with E-state index in [-0.39, 0.29) is 27.8 Å². The summed E-state index contributed by atoms with van der Waals surface area (Å²) in [5.41, 5.74) is 0.674. The van der Waals surface area contributed by atoms with Crippen molar-refractivity contribution in [3.63, 3.8) is 0 Å². The highest BCUT2D eigenvalue weighted by molar-refractivity contribution is 6.39. The van der Waals surface area contributed by atoms with E-state index in [9.17, 15) is 9.59 Å². The SMILES string of the molecule is CC1(C)CC[C@]23CC[C@]4(C)[C@H](CC[C@@H]5[C@@]6(C)CC(=O)C(=O)C(C)(C)C6CC[C@]54C)[C@H]2C1OC3. The zero-order valence-corrected chi connectivity index (χ0v) is 22.2. The largest absolute Gasteiger partial charge is 0.377 e. The van der Waals surface area contributed by atoms with E-state index in [0.29, 0.717) is 41.1 Å². The number of hydrogen-bond donors (Lipinski definition) is 0. The van der Waals surface area contributed by atoms with E-state index < -0.39 is 5.41 Å². The molecule has 3 nitrogen and oxygen atoms in total. The summed E-state index contributed by atoms with van der Waals surface area (Å²) >= 11 is 0. The van der Waals surface area contributed by atoms with Crippen LogP contribution in [-0.4, -0.2) is 24.3 Å². The van der Waals surface area contributed by atoms with E-state index >= 15 is 0 Å². The van der Waals surface area contributed by atoms with Gasteiger partial charge in [0.2, 0.25) is 5.78 Å². The van der Waals surface area contributed by atoms with Crippen LogP contribution in [0.25, 0.3) is 0 Å². The van der Waals surface area contributed by atoms with Crippen molar-refractivity contribution in [2.75, 3.05) is 6.61 Å². The van der Waals surface area contributed by atoms with Crippen LogP contribution in [0.5, 0.6) is 0 Å². The Morgan fingerprint density at radius 2 is 1.45 bits per heavy atom. The topological polar surface area (TPSA) is 43.4 Å². The summed E-state index contributed by atoms with van der Waals surface area (Å²) in [4.78, 5) is 25.9. The lowest BCUT2D eigenvalue weighted by molar-refractivity contribution is -0.238. The molecule has 0 N–H and O–H groups in total. The molecule has 0 aromatic heterocycles. The molecule has 1 heterocycles. The molecule has 0 spiro atoms. The summed E-state index contributed by atoms with van der Waals surface area (Å²) in [6.45, 7) is 17.7. The summed E-state index contributed by atoms with van der Waals surface area (Å²) in [6, 6.07) is 0. The van der Waals surface area contributed by atoms with Crippen molar-refractivity contribution in [3.05, 3.63) is 0 Å². The number of rotatable bonds is 0. The van der Waals surface area contributed by atoms with Crippen LogP contribution < -0.4 is 0 Å². The lowest BCUT2D eigenvalue weighted by Crippen LogP contribution is -2.68. The molecule has 0 aromatic carbocycles. The van der Waals surface area contributed by atoms with E-state index in [2.05, 4.69) is 48.5 Å². The molecule has 2 unspecified atom stereocenters. The van der Waals surface area contributed by atoms with Crippen molar-refractivity contribution >= 4 is 11.6 Å². The number of fused-ring (bicyclic) bond motifs is 5. The first kappa shape index (κ1) is 22.7. The van der Waals surface area contributed by atoms with Gasteiger partial charge in [-0.05, 0) is 102 Å². The van der Waals surface area contributed by atoms with Gasteiger partial charge in [-0.25, -0.2) is 0 Å². The van der Waals surface area contributed by atoms with E-state index in [4.69, 9.17) is 4.74 Å². The minimum atomic E-state index is -0.514. The van der Waals surface area contributed by atoms with Crippen molar-refractivity contribution in [2.24, 2.45) is 56.2 Å². The standard InChI is InChI=1S/C30H46O3/c1-25(2)12-14-30-15-13-28(6)18(22(30)24(25)33-17-30)8-9-21-27(5)16-19(31)23(32)26(3,4)20(27)10-11-29(21,28)7/h18,20-22,24H,8-17H2,1-7H3/t18-,20?,21-,22+,24?,27+,28-,29-,30-/m1/s1. The Bertz CT molecular complexity index is 918. The van der Waals surface area contributed by atoms with E-state index in [1.54, 1.807) is 0 Å². The second-order valence-corrected chi connectivity index (χ2v) is 15.4. The molecule has 2 bridgehead atoms. The van der Waals surface area contributed by atoms with Crippen molar-refractivity contribution in [1.82, 2.24) is 0 Å². The highest BCUT2D eigenvalue weighted by Crippen LogP contribution is 2.77. The third kappa shape index (κ3) is 2.47. The summed E-state index contributed by atoms with van der Waals surface area (Å²) in [5, 5.41) is 0. The molecular weight excluding hydrogens is 408 g/mol. The maximum absolute atomic E-state index is 13.0. The first-order valence-corrected chi connectivity index (χ1v) is 13.9. The van der Waals surface area contributed by atoms with Gasteiger partial charge in [0, 0.05) is 11.8 Å². The third-order valence-corrected chi connectivity index (χ3v) is 13.7. The van der Waals surface area contributed by atoms with Gasteiger partial charge in [0.1, 0.15) is 0 Å². The number of Topliss-reactive ketones (excluding diaryl/α,β-unsaturated/α-hetero) is 2. The number of carbonyl (C=O) groups excluding carboxylic acids is 2. The Kier molecular flexibility index (Phi) is 4.37. The normalized spacial score (nSPS) is 56.4. The molecule has 0 radical (unpaired) electrons. The Morgan fingerprint density at radius 3 is 2.18 bits per heavy atom. The number of carbonyl (C=O) groups is 2. The fourth-order valence-electron chi connectivity index (χ4n) is 11.7. The van der Waals surface area contributed by atoms with Crippen molar-refractivity contribution < 1.29 is 14.3 Å². The highest BCUT2D eigenvalue weighted by atomic mass is 16.5. The maximum atomic E-state index is 13.0. The molecule has 6 aliphatic rings. The van der Waals surface area contributed by atoms with Gasteiger partial charge in [-0.1, -0.05) is 48.5 Å². The van der Waals surface area contributed by atoms with Crippen LogP contribution in [0.3, 0.4) is 0 Å². The second-order valence-electron chi connectivity index (χ2n) is 15.4. The monoisotopic (exact) mass is 454 g/mol. The van der Waals surface area contributed by atoms with Crippen LogP contribution in [0, 0.1) is 56.2 Å². The summed E-state index contributed by atoms with van der Waals surface area (Å²) < 4.78 is 6.67. The van der Waals surface area contributed by atoms with Crippen molar-refractivity contribution in [2.45, 2.75) is 112 Å². The molecular formula is C30H46O3. The number of ether oxygens (including phenoxy) is 1. The average Bonchev–Trinajstić information content (AvgIpc) is 3.06. The molecule has 33 heavy (non-hydrogen) atoms. The minimum absolute atomic E-state index is 0.0497. The lowest BCUT2D eigenvalue weighted by Gasteiger charge is -2.72. The molecule has 0 aromatic rings. The first-order chi connectivity index (χ1) is 15.2. The Balaban J connectivity index is 1.41. The fraction of sp³-hybridized carbons (Fsp3) is 0.933. The summed E-state index contributed by atoms with van der Waals surface area (Å²) in [6.07, 6.45) is 11.0. The van der Waals surface area contributed by atoms with Crippen LogP contribution in [0.2, 0.25) is 0 Å². The van der Waals surface area contributed by atoms with Crippen molar-refractivity contribution in [1.29, 1.82) is 0 Å². The van der Waals surface area contributed by atoms with Gasteiger partial charge < -0.3 is 4.74 Å². The molecule has 9 atom stereocenters. The molecule has 0 amide bonds. The number of hydrogen-bond acceptors (Lipinski definition) is 3. The smallest absolute Gasteiger partial charge is 0.204 e. The van der Waals surface area contributed by atoms with Gasteiger partial charge in [0.25, 0.3) is 0 Å². The average molecular weight is 455 g/mol. The molecule has 184 valence electrons. The molecule has 3 heteroatoms. The fourth-order valence-corrected chi connectivity index (χ4v) is 11.7. The molecule has 6 fully saturated rings. The molecule has 1 saturated heterocycles. The summed E-state index contributed by atoms with van der Waals surface area (Å²) in [5.74, 6) is 2.09. The van der Waals surface area contributed by atoms with Gasteiger partial charge >= 0.3 is 0 Å². The quantitative estimate of drug-likeness (QED) is 0.386. The number of ketones is 2. The van der Waals surface area contributed by atoms with Crippen LogP contribution >= 0.6 is 0 Å². The van der Waals surface area contributed by atoms with Crippen LogP contribution in [0.1, 0.15) is 106 Å². The van der Waals surface area contributed by atoms with Gasteiger partial charge in [-0.3, -0.25) is 9.59 Å². The summed E-state index contributed by atoms with van der Waals surface area (Å²) in [7, 11) is 0. The second kappa shape index (κ2) is 6.34. The van der Waals surface area contributed by atoms with E-state index in [1.807, 2.05) is 0 Å². The van der Waals surface area contributed by atoms with Gasteiger partial charge in [0.05, 0.1) is 12.7 Å². The first-order valence-electron chi connectivity index (χ1n) is 13.9. The maximum Gasteiger partial charge on any atom is 0.204 e. The van der Waals surface area contributed by atoms with Crippen LogP contribution in [0.15, 0.2) is 0 Å². The lowest BCUT2D eigenvalue weighted by atomic mass is 9.31. The van der Waals surface area contributed by atoms with Gasteiger partial charge in [-0.15, -0.1) is 0 Å². The predicted octanol–water partition coefficient (Wildman–Crippen LogP) is 6.62.